The van der Waals surface area contributed by atoms with E-state index in [1.54, 1.807) is 18.2 Å². The molecular weight excluding hydrogens is 480 g/mol. The third kappa shape index (κ3) is 4.35. The van der Waals surface area contributed by atoms with E-state index < -0.39 is 11.7 Å². The molecule has 0 unspecified atom stereocenters. The molecule has 2 aromatic carbocycles. The molecule has 2 aromatic rings. The second-order valence-electron chi connectivity index (χ2n) is 4.50. The third-order valence-electron chi connectivity index (χ3n) is 2.96. The summed E-state index contributed by atoms with van der Waals surface area (Å²) < 4.78 is 26.0. The summed E-state index contributed by atoms with van der Waals surface area (Å²) in [6.07, 6.45) is 0. The number of hydrogen-bond donors (Lipinski definition) is 1. The second kappa shape index (κ2) is 7.96. The number of benzene rings is 2. The van der Waals surface area contributed by atoms with Gasteiger partial charge in [0.15, 0.2) is 11.5 Å². The van der Waals surface area contributed by atoms with Crippen LogP contribution in [-0.2, 0) is 0 Å². The van der Waals surface area contributed by atoms with Gasteiger partial charge in [-0.2, -0.15) is 0 Å². The molecule has 0 aliphatic heterocycles. The van der Waals surface area contributed by atoms with Crippen molar-refractivity contribution in [2.75, 3.05) is 19.0 Å². The van der Waals surface area contributed by atoms with E-state index in [9.17, 15) is 9.18 Å². The quantitative estimate of drug-likeness (QED) is 0.605. The van der Waals surface area contributed by atoms with Crippen LogP contribution >= 0.6 is 38.5 Å². The van der Waals surface area contributed by atoms with Gasteiger partial charge >= 0.3 is 0 Å². The highest BCUT2D eigenvalue weighted by atomic mass is 127. The smallest absolute Gasteiger partial charge is 0.255 e. The summed E-state index contributed by atoms with van der Waals surface area (Å²) >= 11 is 5.24. The van der Waals surface area contributed by atoms with Crippen LogP contribution in [0.3, 0.4) is 0 Å². The summed E-state index contributed by atoms with van der Waals surface area (Å²) in [5.74, 6) is 0.107. The molecule has 4 nitrogen and oxygen atoms in total. The van der Waals surface area contributed by atoms with Gasteiger partial charge in [-0.3, -0.25) is 4.79 Å². The summed E-state index contributed by atoms with van der Waals surface area (Å²) in [4.78, 5) is 12.4. The standard InChI is InChI=1S/C16H14BrFINO3/c1-3-23-14-7-9(6-12(19)15(14)22-2)16(21)20-13-5-4-10(17)8-11(13)18/h4-8H,3H2,1-2H3,(H,20,21). The number of rotatable bonds is 5. The van der Waals surface area contributed by atoms with E-state index in [2.05, 4.69) is 43.8 Å². The van der Waals surface area contributed by atoms with E-state index in [0.717, 1.165) is 3.57 Å². The number of ether oxygens (including phenoxy) is 2. The largest absolute Gasteiger partial charge is 0.492 e. The molecule has 0 aliphatic rings. The number of nitrogens with one attached hydrogen (secondary N) is 1. The number of anilines is 1. The van der Waals surface area contributed by atoms with Gasteiger partial charge in [0.25, 0.3) is 5.91 Å². The molecule has 0 saturated heterocycles. The van der Waals surface area contributed by atoms with Crippen molar-refractivity contribution in [3.8, 4) is 11.5 Å². The van der Waals surface area contributed by atoms with Crippen LogP contribution in [0.25, 0.3) is 0 Å². The fourth-order valence-electron chi connectivity index (χ4n) is 1.95. The summed E-state index contributed by atoms with van der Waals surface area (Å²) in [5.41, 5.74) is 0.475. The van der Waals surface area contributed by atoms with Crippen molar-refractivity contribution in [3.05, 3.63) is 49.8 Å². The van der Waals surface area contributed by atoms with Gasteiger partial charge in [-0.15, -0.1) is 0 Å². The number of amides is 1. The predicted octanol–water partition coefficient (Wildman–Crippen LogP) is 4.85. The zero-order valence-electron chi connectivity index (χ0n) is 12.5. The first-order valence-electron chi connectivity index (χ1n) is 6.73. The molecule has 0 bridgehead atoms. The minimum absolute atomic E-state index is 0.113. The van der Waals surface area contributed by atoms with E-state index >= 15 is 0 Å². The Balaban J connectivity index is 2.32. The van der Waals surface area contributed by atoms with Crippen LogP contribution in [-0.4, -0.2) is 19.6 Å². The molecule has 0 spiro atoms. The van der Waals surface area contributed by atoms with E-state index in [0.29, 0.717) is 28.1 Å². The normalized spacial score (nSPS) is 10.3. The Morgan fingerprint density at radius 2 is 2.09 bits per heavy atom. The first-order chi connectivity index (χ1) is 11.0. The molecule has 1 amide bonds. The number of carbonyl (C=O) groups excluding carboxylic acids is 1. The highest BCUT2D eigenvalue weighted by Gasteiger charge is 2.16. The Kier molecular flexibility index (Phi) is 6.23. The van der Waals surface area contributed by atoms with Gasteiger partial charge in [0.1, 0.15) is 5.82 Å². The van der Waals surface area contributed by atoms with Crippen LogP contribution in [0.5, 0.6) is 11.5 Å². The Morgan fingerprint density at radius 3 is 2.70 bits per heavy atom. The number of carbonyl (C=O) groups is 1. The van der Waals surface area contributed by atoms with E-state index in [1.807, 2.05) is 6.92 Å². The van der Waals surface area contributed by atoms with Crippen LogP contribution in [0.2, 0.25) is 0 Å². The van der Waals surface area contributed by atoms with Gasteiger partial charge in [0, 0.05) is 10.0 Å². The van der Waals surface area contributed by atoms with Crippen molar-refractivity contribution in [2.45, 2.75) is 6.92 Å². The predicted molar refractivity (Wildman–Crippen MR) is 98.9 cm³/mol. The van der Waals surface area contributed by atoms with Gasteiger partial charge in [-0.25, -0.2) is 4.39 Å². The maximum Gasteiger partial charge on any atom is 0.255 e. The maximum absolute atomic E-state index is 13.8. The third-order valence-corrected chi connectivity index (χ3v) is 4.25. The number of methoxy groups -OCH3 is 1. The Hall–Kier alpha value is -1.35. The summed E-state index contributed by atoms with van der Waals surface area (Å²) in [5, 5.41) is 2.55. The first-order valence-corrected chi connectivity index (χ1v) is 8.60. The van der Waals surface area contributed by atoms with E-state index in [4.69, 9.17) is 9.47 Å². The highest BCUT2D eigenvalue weighted by Crippen LogP contribution is 2.34. The van der Waals surface area contributed by atoms with Crippen molar-refractivity contribution >= 4 is 50.1 Å². The molecule has 0 aliphatic carbocycles. The van der Waals surface area contributed by atoms with E-state index in [-0.39, 0.29) is 5.69 Å². The Morgan fingerprint density at radius 1 is 1.35 bits per heavy atom. The maximum atomic E-state index is 13.8. The molecule has 0 saturated carbocycles. The van der Waals surface area contributed by atoms with Crippen LogP contribution in [0.15, 0.2) is 34.8 Å². The monoisotopic (exact) mass is 493 g/mol. The van der Waals surface area contributed by atoms with Crippen LogP contribution in [0, 0.1) is 9.39 Å². The summed E-state index contributed by atoms with van der Waals surface area (Å²) in [7, 11) is 1.54. The van der Waals surface area contributed by atoms with Gasteiger partial charge in [-0.1, -0.05) is 15.9 Å². The van der Waals surface area contributed by atoms with Crippen molar-refractivity contribution in [3.63, 3.8) is 0 Å². The fourth-order valence-corrected chi connectivity index (χ4v) is 3.10. The molecule has 1 N–H and O–H groups in total. The summed E-state index contributed by atoms with van der Waals surface area (Å²) in [6.45, 7) is 2.29. The topological polar surface area (TPSA) is 47.6 Å². The van der Waals surface area contributed by atoms with Crippen molar-refractivity contribution in [1.82, 2.24) is 0 Å². The van der Waals surface area contributed by atoms with Gasteiger partial charge in [0.05, 0.1) is 23.0 Å². The molecule has 0 atom stereocenters. The van der Waals surface area contributed by atoms with Gasteiger partial charge in [-0.05, 0) is 59.8 Å². The molecule has 23 heavy (non-hydrogen) atoms. The van der Waals surface area contributed by atoms with Gasteiger partial charge < -0.3 is 14.8 Å². The SMILES string of the molecule is CCOc1cc(C(=O)Nc2ccc(Br)cc2F)cc(I)c1OC. The minimum Gasteiger partial charge on any atom is -0.492 e. The van der Waals surface area contributed by atoms with Crippen molar-refractivity contribution in [2.24, 2.45) is 0 Å². The molecular formula is C16H14BrFINO3. The zero-order valence-corrected chi connectivity index (χ0v) is 16.2. The molecule has 2 rings (SSSR count). The average molecular weight is 494 g/mol. The van der Waals surface area contributed by atoms with Crippen LogP contribution in [0.1, 0.15) is 17.3 Å². The Bertz CT molecular complexity index is 740. The van der Waals surface area contributed by atoms with Crippen LogP contribution in [0.4, 0.5) is 10.1 Å². The lowest BCUT2D eigenvalue weighted by Gasteiger charge is -2.13. The van der Waals surface area contributed by atoms with Crippen molar-refractivity contribution in [1.29, 1.82) is 0 Å². The summed E-state index contributed by atoms with van der Waals surface area (Å²) in [6, 6.07) is 7.68. The highest BCUT2D eigenvalue weighted by molar-refractivity contribution is 14.1. The van der Waals surface area contributed by atoms with Gasteiger partial charge in [0.2, 0.25) is 0 Å². The number of halogens is 3. The molecule has 0 fully saturated rings. The average Bonchev–Trinajstić information content (AvgIpc) is 2.50. The van der Waals surface area contributed by atoms with Crippen molar-refractivity contribution < 1.29 is 18.7 Å². The minimum atomic E-state index is -0.513. The molecule has 122 valence electrons. The number of hydrogen-bond acceptors (Lipinski definition) is 3. The lowest BCUT2D eigenvalue weighted by molar-refractivity contribution is 0.102. The fraction of sp³-hybridized carbons (Fsp3) is 0.188. The van der Waals surface area contributed by atoms with Crippen LogP contribution < -0.4 is 14.8 Å². The Labute approximate surface area is 155 Å². The molecule has 0 heterocycles. The lowest BCUT2D eigenvalue weighted by Crippen LogP contribution is -2.14. The zero-order chi connectivity index (χ0) is 17.0. The van der Waals surface area contributed by atoms with E-state index in [1.165, 1.54) is 19.2 Å². The molecule has 7 heteroatoms. The molecule has 0 radical (unpaired) electrons. The lowest BCUT2D eigenvalue weighted by atomic mass is 10.1. The molecule has 0 aromatic heterocycles. The second-order valence-corrected chi connectivity index (χ2v) is 6.58. The first kappa shape index (κ1) is 18.0.